The van der Waals surface area contributed by atoms with Crippen LogP contribution < -0.4 is 5.32 Å². The van der Waals surface area contributed by atoms with Gasteiger partial charge < -0.3 is 19.5 Å². The fourth-order valence-electron chi connectivity index (χ4n) is 3.78. The van der Waals surface area contributed by atoms with Crippen molar-refractivity contribution in [3.05, 3.63) is 78.3 Å². The highest BCUT2D eigenvalue weighted by Crippen LogP contribution is 2.40. The second-order valence-corrected chi connectivity index (χ2v) is 7.93. The van der Waals surface area contributed by atoms with Gasteiger partial charge in [-0.15, -0.1) is 0 Å². The van der Waals surface area contributed by atoms with Crippen molar-refractivity contribution in [2.24, 2.45) is 0 Å². The van der Waals surface area contributed by atoms with Crippen LogP contribution in [0.2, 0.25) is 0 Å². The molecule has 150 valence electrons. The highest BCUT2D eigenvalue weighted by molar-refractivity contribution is 7.80. The van der Waals surface area contributed by atoms with Crippen molar-refractivity contribution in [3.63, 3.8) is 0 Å². The van der Waals surface area contributed by atoms with Crippen LogP contribution in [-0.4, -0.2) is 47.1 Å². The molecule has 1 N–H and O–H groups in total. The van der Waals surface area contributed by atoms with E-state index >= 15 is 0 Å². The van der Waals surface area contributed by atoms with Gasteiger partial charge in [-0.1, -0.05) is 36.4 Å². The van der Waals surface area contributed by atoms with Crippen LogP contribution in [0.5, 0.6) is 0 Å². The van der Waals surface area contributed by atoms with E-state index in [1.165, 1.54) is 0 Å². The fourth-order valence-corrected chi connectivity index (χ4v) is 4.11. The number of nitrogens with zero attached hydrogens (tertiary/aromatic N) is 3. The van der Waals surface area contributed by atoms with Gasteiger partial charge in [-0.25, -0.2) is 0 Å². The van der Waals surface area contributed by atoms with E-state index in [-0.39, 0.29) is 12.1 Å². The lowest BCUT2D eigenvalue weighted by molar-refractivity contribution is 0.261. The maximum absolute atomic E-state index is 6.33. The number of hydrogen-bond donors (Lipinski definition) is 1. The van der Waals surface area contributed by atoms with Crippen LogP contribution in [0.3, 0.4) is 0 Å². The number of rotatable bonds is 7. The summed E-state index contributed by atoms with van der Waals surface area (Å²) in [7, 11) is 4.18. The van der Waals surface area contributed by atoms with Gasteiger partial charge in [-0.3, -0.25) is 4.98 Å². The lowest BCUT2D eigenvalue weighted by Crippen LogP contribution is -2.32. The van der Waals surface area contributed by atoms with Gasteiger partial charge >= 0.3 is 0 Å². The second-order valence-electron chi connectivity index (χ2n) is 7.54. The summed E-state index contributed by atoms with van der Waals surface area (Å²) < 4.78 is 6.33. The quantitative estimate of drug-likeness (QED) is 0.592. The van der Waals surface area contributed by atoms with Crippen molar-refractivity contribution >= 4 is 17.3 Å². The molecular formula is C23H26N4OS. The topological polar surface area (TPSA) is 44.5 Å². The normalized spacial score (nSPS) is 19.0. The zero-order valence-corrected chi connectivity index (χ0v) is 17.6. The van der Waals surface area contributed by atoms with Crippen LogP contribution in [0.25, 0.3) is 11.3 Å². The Morgan fingerprint density at radius 1 is 1.07 bits per heavy atom. The van der Waals surface area contributed by atoms with Crippen LogP contribution in [0.4, 0.5) is 0 Å². The molecule has 29 heavy (non-hydrogen) atoms. The molecule has 1 saturated heterocycles. The van der Waals surface area contributed by atoms with Crippen LogP contribution in [0.15, 0.2) is 71.3 Å². The minimum Gasteiger partial charge on any atom is -0.459 e. The lowest BCUT2D eigenvalue weighted by atomic mass is 10.0. The summed E-state index contributed by atoms with van der Waals surface area (Å²) in [4.78, 5) is 9.01. The standard InChI is InChI=1S/C23H26N4OS/c1-26(2)15-8-16-27-22(21(25-23(27)29)18-11-6-7-14-24-18)20-13-12-19(28-20)17-9-4-3-5-10-17/h3-7,9-14,21-22H,8,15-16H2,1-2H3,(H,25,29)/t21-,22+/m1/s1. The summed E-state index contributed by atoms with van der Waals surface area (Å²) in [6.45, 7) is 1.87. The van der Waals surface area contributed by atoms with Gasteiger partial charge in [0.05, 0.1) is 11.7 Å². The SMILES string of the molecule is CN(C)CCCN1C(=S)N[C@H](c2ccccn2)[C@@H]1c1ccc(-c2ccccc2)o1. The predicted molar refractivity (Wildman–Crippen MR) is 119 cm³/mol. The molecule has 0 bridgehead atoms. The summed E-state index contributed by atoms with van der Waals surface area (Å²) in [5, 5.41) is 4.23. The number of benzene rings is 1. The maximum atomic E-state index is 6.33. The van der Waals surface area contributed by atoms with Crippen LogP contribution in [0, 0.1) is 0 Å². The summed E-state index contributed by atoms with van der Waals surface area (Å²) in [6.07, 6.45) is 2.84. The molecule has 0 amide bonds. The van der Waals surface area contributed by atoms with Crippen molar-refractivity contribution < 1.29 is 4.42 Å². The monoisotopic (exact) mass is 406 g/mol. The molecule has 0 saturated carbocycles. The number of aromatic nitrogens is 1. The van der Waals surface area contributed by atoms with E-state index in [4.69, 9.17) is 16.6 Å². The first-order chi connectivity index (χ1) is 14.1. The van der Waals surface area contributed by atoms with Gasteiger partial charge in [0.2, 0.25) is 0 Å². The molecule has 4 rings (SSSR count). The Kier molecular flexibility index (Phi) is 5.92. The first-order valence-corrected chi connectivity index (χ1v) is 10.3. The molecule has 1 aliphatic rings. The molecule has 3 aromatic rings. The maximum Gasteiger partial charge on any atom is 0.170 e. The zero-order chi connectivity index (χ0) is 20.2. The molecule has 3 heterocycles. The van der Waals surface area contributed by atoms with Gasteiger partial charge in [0, 0.05) is 18.3 Å². The highest BCUT2D eigenvalue weighted by Gasteiger charge is 2.41. The van der Waals surface area contributed by atoms with E-state index in [2.05, 4.69) is 52.4 Å². The van der Waals surface area contributed by atoms with Crippen molar-refractivity contribution in [2.45, 2.75) is 18.5 Å². The summed E-state index contributed by atoms with van der Waals surface area (Å²) in [5.74, 6) is 1.77. The minimum absolute atomic E-state index is 0.0305. The molecule has 0 unspecified atom stereocenters. The Morgan fingerprint density at radius 2 is 1.86 bits per heavy atom. The molecular weight excluding hydrogens is 380 g/mol. The summed E-state index contributed by atoms with van der Waals surface area (Å²) in [6, 6.07) is 20.2. The smallest absolute Gasteiger partial charge is 0.170 e. The fraction of sp³-hybridized carbons (Fsp3) is 0.304. The third-order valence-corrected chi connectivity index (χ3v) is 5.53. The molecule has 5 nitrogen and oxygen atoms in total. The van der Waals surface area contributed by atoms with Crippen LogP contribution >= 0.6 is 12.2 Å². The largest absolute Gasteiger partial charge is 0.459 e. The number of thiocarbonyl (C=S) groups is 1. The average molecular weight is 407 g/mol. The van der Waals surface area contributed by atoms with E-state index < -0.39 is 0 Å². The molecule has 0 radical (unpaired) electrons. The van der Waals surface area contributed by atoms with E-state index in [0.29, 0.717) is 0 Å². The summed E-state index contributed by atoms with van der Waals surface area (Å²) >= 11 is 5.71. The Bertz CT molecular complexity index is 942. The molecule has 0 spiro atoms. The number of nitrogens with one attached hydrogen (secondary N) is 1. The Hall–Kier alpha value is -2.70. The first kappa shape index (κ1) is 19.6. The van der Waals surface area contributed by atoms with Gasteiger partial charge in [0.1, 0.15) is 17.6 Å². The van der Waals surface area contributed by atoms with Crippen molar-refractivity contribution in [2.75, 3.05) is 27.2 Å². The third kappa shape index (κ3) is 4.33. The Labute approximate surface area is 177 Å². The predicted octanol–water partition coefficient (Wildman–Crippen LogP) is 4.27. The molecule has 0 aliphatic carbocycles. The molecule has 6 heteroatoms. The molecule has 1 aromatic carbocycles. The van der Waals surface area contributed by atoms with Crippen molar-refractivity contribution in [1.29, 1.82) is 0 Å². The van der Waals surface area contributed by atoms with Gasteiger partial charge in [0.25, 0.3) is 0 Å². The third-order valence-electron chi connectivity index (χ3n) is 5.18. The molecule has 2 atom stereocenters. The van der Waals surface area contributed by atoms with Crippen LogP contribution in [0.1, 0.15) is 30.0 Å². The second kappa shape index (κ2) is 8.76. The van der Waals surface area contributed by atoms with Gasteiger partial charge in [0.15, 0.2) is 5.11 Å². The van der Waals surface area contributed by atoms with E-state index in [0.717, 1.165) is 47.4 Å². The lowest BCUT2D eigenvalue weighted by Gasteiger charge is -2.26. The number of furan rings is 1. The molecule has 1 fully saturated rings. The minimum atomic E-state index is -0.0437. The highest BCUT2D eigenvalue weighted by atomic mass is 32.1. The Morgan fingerprint density at radius 3 is 2.59 bits per heavy atom. The van der Waals surface area contributed by atoms with E-state index in [9.17, 15) is 0 Å². The van der Waals surface area contributed by atoms with E-state index in [1.807, 2.05) is 48.7 Å². The molecule has 2 aromatic heterocycles. The molecule has 1 aliphatic heterocycles. The van der Waals surface area contributed by atoms with Crippen LogP contribution in [-0.2, 0) is 0 Å². The average Bonchev–Trinajstić information content (AvgIpc) is 3.34. The van der Waals surface area contributed by atoms with Crippen molar-refractivity contribution in [3.8, 4) is 11.3 Å². The van der Waals surface area contributed by atoms with Crippen molar-refractivity contribution in [1.82, 2.24) is 20.1 Å². The van der Waals surface area contributed by atoms with E-state index in [1.54, 1.807) is 0 Å². The summed E-state index contributed by atoms with van der Waals surface area (Å²) in [5.41, 5.74) is 2.04. The zero-order valence-electron chi connectivity index (χ0n) is 16.8. The number of hydrogen-bond acceptors (Lipinski definition) is 4. The van der Waals surface area contributed by atoms with Gasteiger partial charge in [-0.05, 0) is 63.5 Å². The van der Waals surface area contributed by atoms with Gasteiger partial charge in [-0.2, -0.15) is 0 Å². The number of pyridine rings is 1. The first-order valence-electron chi connectivity index (χ1n) is 9.91. The Balaban J connectivity index is 1.66.